The zero-order valence-electron chi connectivity index (χ0n) is 13.7. The van der Waals surface area contributed by atoms with Gasteiger partial charge in [-0.3, -0.25) is 5.43 Å². The molecule has 0 unspecified atom stereocenters. The van der Waals surface area contributed by atoms with Gasteiger partial charge in [-0.15, -0.1) is 0 Å². The Kier molecular flexibility index (Phi) is 4.34. The van der Waals surface area contributed by atoms with Crippen LogP contribution in [-0.4, -0.2) is 15.7 Å². The van der Waals surface area contributed by atoms with Crippen molar-refractivity contribution in [1.29, 1.82) is 10.5 Å². The van der Waals surface area contributed by atoms with Gasteiger partial charge in [-0.1, -0.05) is 30.4 Å². The molecule has 0 amide bonds. The maximum Gasteiger partial charge on any atom is 0.172 e. The number of aliphatic imine (C=N–C) groups is 1. The summed E-state index contributed by atoms with van der Waals surface area (Å²) in [6.45, 7) is 3.76. The standard InChI is InChI=1S/C18H14N6S/c1-11-8-12(2)24-17(21-11)14(9-19)16(23-24)15(10-20)18(25)22-13-6-4-3-5-7-13/h3-8,23H,1-2H3,(H,22,25). The molecule has 0 radical (unpaired) electrons. The van der Waals surface area contributed by atoms with E-state index in [1.807, 2.05) is 50.3 Å². The number of allylic oxidation sites excluding steroid dienone is 3. The molecule has 7 heteroatoms. The summed E-state index contributed by atoms with van der Waals surface area (Å²) in [5.74, 6) is 0.477. The third kappa shape index (κ3) is 3.01. The molecule has 122 valence electrons. The van der Waals surface area contributed by atoms with E-state index in [-0.39, 0.29) is 10.6 Å². The summed E-state index contributed by atoms with van der Waals surface area (Å²) in [7, 11) is 0. The van der Waals surface area contributed by atoms with E-state index in [2.05, 4.69) is 27.9 Å². The van der Waals surface area contributed by atoms with E-state index < -0.39 is 0 Å². The van der Waals surface area contributed by atoms with Crippen LogP contribution in [0.25, 0.3) is 0 Å². The van der Waals surface area contributed by atoms with Gasteiger partial charge in [0, 0.05) is 17.1 Å². The second-order valence-corrected chi connectivity index (χ2v) is 5.89. The predicted molar refractivity (Wildman–Crippen MR) is 99.8 cm³/mol. The van der Waals surface area contributed by atoms with E-state index in [0.717, 1.165) is 17.1 Å². The van der Waals surface area contributed by atoms with Crippen molar-refractivity contribution >= 4 is 28.6 Å². The first-order valence-electron chi connectivity index (χ1n) is 7.51. The number of hydrogen-bond acceptors (Lipinski definition) is 6. The lowest BCUT2D eigenvalue weighted by Gasteiger charge is -2.24. The number of anilines is 1. The molecule has 2 aliphatic rings. The fourth-order valence-corrected chi connectivity index (χ4v) is 2.86. The highest BCUT2D eigenvalue weighted by molar-refractivity contribution is 7.81. The first kappa shape index (κ1) is 16.4. The smallest absolute Gasteiger partial charge is 0.172 e. The number of nitriles is 2. The molecule has 2 heterocycles. The largest absolute Gasteiger partial charge is 0.345 e. The van der Waals surface area contributed by atoms with Gasteiger partial charge in [0.1, 0.15) is 28.3 Å². The lowest BCUT2D eigenvalue weighted by molar-refractivity contribution is 0.370. The number of rotatable bonds is 2. The molecule has 2 aliphatic heterocycles. The van der Waals surface area contributed by atoms with Crippen molar-refractivity contribution in [2.75, 3.05) is 5.32 Å². The Balaban J connectivity index is 2.03. The maximum absolute atomic E-state index is 9.62. The summed E-state index contributed by atoms with van der Waals surface area (Å²) < 4.78 is 0. The molecule has 2 N–H and O–H groups in total. The molecule has 1 aromatic carbocycles. The number of hydrazine groups is 1. The highest BCUT2D eigenvalue weighted by atomic mass is 32.1. The van der Waals surface area contributed by atoms with E-state index >= 15 is 0 Å². The molecule has 25 heavy (non-hydrogen) atoms. The highest BCUT2D eigenvalue weighted by Crippen LogP contribution is 2.32. The average molecular weight is 346 g/mol. The summed E-state index contributed by atoms with van der Waals surface area (Å²) in [4.78, 5) is 4.65. The van der Waals surface area contributed by atoms with E-state index in [1.54, 1.807) is 5.01 Å². The van der Waals surface area contributed by atoms with Gasteiger partial charge >= 0.3 is 0 Å². The zero-order chi connectivity index (χ0) is 18.0. The van der Waals surface area contributed by atoms with E-state index in [0.29, 0.717) is 17.1 Å². The van der Waals surface area contributed by atoms with Gasteiger partial charge < -0.3 is 5.32 Å². The fourth-order valence-electron chi connectivity index (χ4n) is 2.59. The van der Waals surface area contributed by atoms with Gasteiger partial charge in [0.25, 0.3) is 0 Å². The van der Waals surface area contributed by atoms with Crippen molar-refractivity contribution in [3.63, 3.8) is 0 Å². The Morgan fingerprint density at radius 3 is 2.60 bits per heavy atom. The molecule has 0 aromatic heterocycles. The normalized spacial score (nSPS) is 17.5. The predicted octanol–water partition coefficient (Wildman–Crippen LogP) is 3.14. The first-order chi connectivity index (χ1) is 12.0. The lowest BCUT2D eigenvalue weighted by Crippen LogP contribution is -2.32. The van der Waals surface area contributed by atoms with Crippen LogP contribution in [0.1, 0.15) is 13.8 Å². The first-order valence-corrected chi connectivity index (χ1v) is 7.92. The summed E-state index contributed by atoms with van der Waals surface area (Å²) in [5, 5.41) is 23.9. The Morgan fingerprint density at radius 2 is 1.96 bits per heavy atom. The van der Waals surface area contributed by atoms with E-state index in [1.165, 1.54) is 0 Å². The zero-order valence-corrected chi connectivity index (χ0v) is 14.5. The number of benzene rings is 1. The van der Waals surface area contributed by atoms with Gasteiger partial charge in [0.15, 0.2) is 5.82 Å². The Labute approximate surface area is 151 Å². The third-order valence-corrected chi connectivity index (χ3v) is 4.00. The summed E-state index contributed by atoms with van der Waals surface area (Å²) in [6, 6.07) is 13.6. The molecule has 0 spiro atoms. The maximum atomic E-state index is 9.62. The number of nitrogens with zero attached hydrogens (tertiary/aromatic N) is 4. The number of nitrogens with one attached hydrogen (secondary N) is 2. The van der Waals surface area contributed by atoms with Crippen LogP contribution in [0.15, 0.2) is 69.8 Å². The molecular formula is C18H14N6S. The van der Waals surface area contributed by atoms with Crippen LogP contribution in [-0.2, 0) is 0 Å². The molecule has 0 saturated carbocycles. The Morgan fingerprint density at radius 1 is 1.24 bits per heavy atom. The van der Waals surface area contributed by atoms with Crippen LogP contribution < -0.4 is 10.7 Å². The third-order valence-electron chi connectivity index (χ3n) is 3.69. The molecular weight excluding hydrogens is 332 g/mol. The number of hydrogen-bond donors (Lipinski definition) is 2. The van der Waals surface area contributed by atoms with Gasteiger partial charge in [-0.2, -0.15) is 10.5 Å². The Bertz CT molecular complexity index is 954. The second-order valence-electron chi connectivity index (χ2n) is 5.48. The van der Waals surface area contributed by atoms with Gasteiger partial charge in [-0.05, 0) is 32.1 Å². The van der Waals surface area contributed by atoms with Crippen molar-refractivity contribution in [2.45, 2.75) is 13.8 Å². The molecule has 0 saturated heterocycles. The molecule has 0 atom stereocenters. The minimum atomic E-state index is 0.193. The van der Waals surface area contributed by atoms with Crippen molar-refractivity contribution in [1.82, 2.24) is 10.4 Å². The second kappa shape index (κ2) is 6.60. The van der Waals surface area contributed by atoms with Crippen LogP contribution in [0.3, 0.4) is 0 Å². The quantitative estimate of drug-likeness (QED) is 0.486. The van der Waals surface area contributed by atoms with Crippen LogP contribution >= 0.6 is 12.2 Å². The van der Waals surface area contributed by atoms with E-state index in [9.17, 15) is 10.5 Å². The topological polar surface area (TPSA) is 87.2 Å². The highest BCUT2D eigenvalue weighted by Gasteiger charge is 2.33. The van der Waals surface area contributed by atoms with Crippen LogP contribution in [0, 0.1) is 22.7 Å². The van der Waals surface area contributed by atoms with Crippen molar-refractivity contribution in [3.05, 3.63) is 64.8 Å². The minimum absolute atomic E-state index is 0.193. The SMILES string of the molecule is CC1=CC(C)=NC2=C(C#N)C(=C(C#N)C(=S)Nc3ccccc3)NN12. The molecule has 6 nitrogen and oxygen atoms in total. The number of fused-ring (bicyclic) bond motifs is 1. The number of thiocarbonyl (C=S) groups is 1. The minimum Gasteiger partial charge on any atom is -0.345 e. The number of para-hydroxylation sites is 1. The van der Waals surface area contributed by atoms with Gasteiger partial charge in [0.05, 0.1) is 5.70 Å². The van der Waals surface area contributed by atoms with Crippen LogP contribution in [0.4, 0.5) is 5.69 Å². The lowest BCUT2D eigenvalue weighted by atomic mass is 10.1. The van der Waals surface area contributed by atoms with Crippen molar-refractivity contribution < 1.29 is 0 Å². The summed E-state index contributed by atoms with van der Waals surface area (Å²) in [5.41, 5.74) is 6.36. The van der Waals surface area contributed by atoms with E-state index in [4.69, 9.17) is 12.2 Å². The van der Waals surface area contributed by atoms with Crippen molar-refractivity contribution in [2.24, 2.45) is 4.99 Å². The monoisotopic (exact) mass is 346 g/mol. The van der Waals surface area contributed by atoms with Gasteiger partial charge in [-0.25, -0.2) is 10.0 Å². The van der Waals surface area contributed by atoms with Crippen LogP contribution in [0.5, 0.6) is 0 Å². The van der Waals surface area contributed by atoms with Crippen LogP contribution in [0.2, 0.25) is 0 Å². The summed E-state index contributed by atoms with van der Waals surface area (Å²) in [6.07, 6.45) is 1.89. The van der Waals surface area contributed by atoms with Crippen molar-refractivity contribution in [3.8, 4) is 12.1 Å². The molecule has 0 fully saturated rings. The molecule has 3 rings (SSSR count). The fraction of sp³-hybridized carbons (Fsp3) is 0.111. The summed E-state index contributed by atoms with van der Waals surface area (Å²) >= 11 is 5.38. The average Bonchev–Trinajstić information content (AvgIpc) is 2.95. The molecule has 0 aliphatic carbocycles. The molecule has 0 bridgehead atoms. The van der Waals surface area contributed by atoms with Gasteiger partial charge in [0.2, 0.25) is 0 Å². The molecule has 1 aromatic rings. The Hall–Kier alpha value is -3.42.